The summed E-state index contributed by atoms with van der Waals surface area (Å²) in [6.07, 6.45) is 0.992. The number of methoxy groups -OCH3 is 1. The number of esters is 1. The Kier molecular flexibility index (Phi) is 5.92. The van der Waals surface area contributed by atoms with Crippen LogP contribution in [0.3, 0.4) is 0 Å². The van der Waals surface area contributed by atoms with Gasteiger partial charge in [-0.1, -0.05) is 30.3 Å². The Morgan fingerprint density at radius 3 is 2.47 bits per heavy atom. The molecule has 5 nitrogen and oxygen atoms in total. The molecule has 0 radical (unpaired) electrons. The van der Waals surface area contributed by atoms with Gasteiger partial charge in [0.1, 0.15) is 12.4 Å². The normalized spacial score (nSPS) is 14.1. The number of aliphatic hydroxyl groups excluding tert-OH is 2. The lowest BCUT2D eigenvalue weighted by atomic mass is 10.0. The van der Waals surface area contributed by atoms with E-state index in [2.05, 4.69) is 4.74 Å². The Bertz CT molecular complexity index is 449. The van der Waals surface area contributed by atoms with Crippen LogP contribution in [0.1, 0.15) is 23.7 Å². The molecule has 1 aromatic carbocycles. The Balaban J connectivity index is 2.71. The summed E-state index contributed by atoms with van der Waals surface area (Å²) in [4.78, 5) is 21.2. The van der Waals surface area contributed by atoms with Gasteiger partial charge in [-0.15, -0.1) is 0 Å². The number of ether oxygens (including phenoxy) is 1. The molecule has 2 unspecified atom stereocenters. The summed E-state index contributed by atoms with van der Waals surface area (Å²) in [6, 6.07) is 6.64. The van der Waals surface area contributed by atoms with E-state index in [1.54, 1.807) is 30.3 Å². The number of aldehydes is 1. The van der Waals surface area contributed by atoms with Crippen LogP contribution in [0.5, 0.6) is 0 Å². The van der Waals surface area contributed by atoms with Crippen molar-refractivity contribution < 1.29 is 24.5 Å². The van der Waals surface area contributed by atoms with Crippen molar-refractivity contribution in [3.63, 3.8) is 0 Å². The minimum absolute atomic E-state index is 0.273. The first kappa shape index (κ1) is 15.1. The molecule has 0 amide bonds. The predicted octanol–water partition coefficient (Wildman–Crippen LogP) is 0.856. The van der Waals surface area contributed by atoms with Crippen LogP contribution in [0.2, 0.25) is 0 Å². The van der Waals surface area contributed by atoms with E-state index < -0.39 is 18.2 Å². The average Bonchev–Trinajstić information content (AvgIpc) is 2.44. The molecule has 0 aliphatic heterocycles. The third-order valence-electron chi connectivity index (χ3n) is 2.61. The Morgan fingerprint density at radius 1 is 1.32 bits per heavy atom. The quantitative estimate of drug-likeness (QED) is 0.452. The predicted molar refractivity (Wildman–Crippen MR) is 69.1 cm³/mol. The van der Waals surface area contributed by atoms with Crippen molar-refractivity contribution in [2.45, 2.75) is 18.6 Å². The molecule has 0 bridgehead atoms. The number of benzene rings is 1. The van der Waals surface area contributed by atoms with E-state index in [4.69, 9.17) is 0 Å². The topological polar surface area (TPSA) is 83.8 Å². The standard InChI is InChI=1S/C14H16O5/c1-19-13(17)9-12(16)14(18)11-6-4-10(5-7-11)3-2-8-15/h2-8,12,14,16,18H,9H2,1H3/b3-2+. The number of aliphatic hydroxyl groups is 2. The summed E-state index contributed by atoms with van der Waals surface area (Å²) in [7, 11) is 1.22. The molecule has 0 heterocycles. The van der Waals surface area contributed by atoms with E-state index >= 15 is 0 Å². The first-order valence-electron chi connectivity index (χ1n) is 5.73. The zero-order valence-electron chi connectivity index (χ0n) is 10.5. The van der Waals surface area contributed by atoms with Crippen molar-refractivity contribution in [3.05, 3.63) is 41.5 Å². The van der Waals surface area contributed by atoms with Crippen LogP contribution in [0, 0.1) is 0 Å². The van der Waals surface area contributed by atoms with Crippen LogP contribution < -0.4 is 0 Å². The number of hydrogen-bond donors (Lipinski definition) is 2. The van der Waals surface area contributed by atoms with Crippen LogP contribution in [0.15, 0.2) is 30.3 Å². The van der Waals surface area contributed by atoms with E-state index in [-0.39, 0.29) is 6.42 Å². The molecule has 1 aromatic rings. The highest BCUT2D eigenvalue weighted by Gasteiger charge is 2.21. The van der Waals surface area contributed by atoms with E-state index in [9.17, 15) is 19.8 Å². The number of hydrogen-bond acceptors (Lipinski definition) is 5. The van der Waals surface area contributed by atoms with Gasteiger partial charge in [-0.2, -0.15) is 0 Å². The summed E-state index contributed by atoms with van der Waals surface area (Å²) < 4.78 is 4.42. The van der Waals surface area contributed by atoms with Crippen molar-refractivity contribution in [1.82, 2.24) is 0 Å². The van der Waals surface area contributed by atoms with Gasteiger partial charge in [0.2, 0.25) is 0 Å². The molecular formula is C14H16O5. The van der Waals surface area contributed by atoms with Crippen molar-refractivity contribution in [2.75, 3.05) is 7.11 Å². The third kappa shape index (κ3) is 4.65. The van der Waals surface area contributed by atoms with E-state index in [0.29, 0.717) is 11.8 Å². The zero-order chi connectivity index (χ0) is 14.3. The van der Waals surface area contributed by atoms with Gasteiger partial charge in [-0.25, -0.2) is 0 Å². The molecule has 0 spiro atoms. The first-order chi connectivity index (χ1) is 9.08. The summed E-state index contributed by atoms with van der Waals surface area (Å²) in [6.45, 7) is 0. The second-order valence-corrected chi connectivity index (χ2v) is 3.95. The number of allylic oxidation sites excluding steroid dienone is 1. The smallest absolute Gasteiger partial charge is 0.308 e. The van der Waals surface area contributed by atoms with Gasteiger partial charge in [0.25, 0.3) is 0 Å². The molecule has 0 saturated carbocycles. The summed E-state index contributed by atoms with van der Waals surface area (Å²) in [5.74, 6) is -0.586. The van der Waals surface area contributed by atoms with Crippen LogP contribution in [-0.2, 0) is 14.3 Å². The van der Waals surface area contributed by atoms with Crippen molar-refractivity contribution in [2.24, 2.45) is 0 Å². The Hall–Kier alpha value is -1.98. The molecule has 0 aromatic heterocycles. The largest absolute Gasteiger partial charge is 0.469 e. The average molecular weight is 264 g/mol. The molecule has 102 valence electrons. The molecule has 2 N–H and O–H groups in total. The molecule has 19 heavy (non-hydrogen) atoms. The maximum Gasteiger partial charge on any atom is 0.308 e. The summed E-state index contributed by atoms with van der Waals surface area (Å²) in [5.41, 5.74) is 1.28. The molecule has 2 atom stereocenters. The summed E-state index contributed by atoms with van der Waals surface area (Å²) in [5, 5.41) is 19.5. The number of carbonyl (C=O) groups excluding carboxylic acids is 2. The van der Waals surface area contributed by atoms with Crippen molar-refractivity contribution >= 4 is 18.3 Å². The molecule has 0 aliphatic rings. The highest BCUT2D eigenvalue weighted by Crippen LogP contribution is 2.20. The number of carbonyl (C=O) groups is 2. The third-order valence-corrected chi connectivity index (χ3v) is 2.61. The van der Waals surface area contributed by atoms with Gasteiger partial charge in [0.05, 0.1) is 19.6 Å². The van der Waals surface area contributed by atoms with Gasteiger partial charge < -0.3 is 14.9 Å². The minimum atomic E-state index is -1.22. The van der Waals surface area contributed by atoms with E-state index in [1.165, 1.54) is 13.2 Å². The fourth-order valence-corrected chi connectivity index (χ4v) is 1.54. The zero-order valence-corrected chi connectivity index (χ0v) is 10.5. The molecular weight excluding hydrogens is 248 g/mol. The van der Waals surface area contributed by atoms with Crippen LogP contribution in [0.4, 0.5) is 0 Å². The van der Waals surface area contributed by atoms with Gasteiger partial charge in [0, 0.05) is 0 Å². The number of rotatable bonds is 6. The Morgan fingerprint density at radius 2 is 1.95 bits per heavy atom. The van der Waals surface area contributed by atoms with Crippen LogP contribution in [-0.4, -0.2) is 35.7 Å². The molecule has 5 heteroatoms. The monoisotopic (exact) mass is 264 g/mol. The second-order valence-electron chi connectivity index (χ2n) is 3.95. The van der Waals surface area contributed by atoms with E-state index in [1.807, 2.05) is 0 Å². The minimum Gasteiger partial charge on any atom is -0.469 e. The van der Waals surface area contributed by atoms with Crippen molar-refractivity contribution in [1.29, 1.82) is 0 Å². The first-order valence-corrected chi connectivity index (χ1v) is 5.73. The van der Waals surface area contributed by atoms with Gasteiger partial charge in [0.15, 0.2) is 0 Å². The van der Waals surface area contributed by atoms with Gasteiger partial charge >= 0.3 is 5.97 Å². The van der Waals surface area contributed by atoms with Crippen LogP contribution in [0.25, 0.3) is 6.08 Å². The lowest BCUT2D eigenvalue weighted by Gasteiger charge is -2.17. The molecule has 0 saturated heterocycles. The van der Waals surface area contributed by atoms with E-state index in [0.717, 1.165) is 5.56 Å². The lowest BCUT2D eigenvalue weighted by molar-refractivity contribution is -0.144. The summed E-state index contributed by atoms with van der Waals surface area (Å²) >= 11 is 0. The highest BCUT2D eigenvalue weighted by atomic mass is 16.5. The van der Waals surface area contributed by atoms with Gasteiger partial charge in [-0.05, 0) is 17.2 Å². The maximum atomic E-state index is 11.0. The fourth-order valence-electron chi connectivity index (χ4n) is 1.54. The SMILES string of the molecule is COC(=O)CC(O)C(O)c1ccc(/C=C/C=O)cc1. The molecule has 0 aliphatic carbocycles. The molecule has 0 fully saturated rings. The molecule has 1 rings (SSSR count). The van der Waals surface area contributed by atoms with Crippen molar-refractivity contribution in [3.8, 4) is 0 Å². The van der Waals surface area contributed by atoms with Gasteiger partial charge in [-0.3, -0.25) is 9.59 Å². The van der Waals surface area contributed by atoms with Crippen LogP contribution >= 0.6 is 0 Å². The Labute approximate surface area is 111 Å². The highest BCUT2D eigenvalue weighted by molar-refractivity contribution is 5.73. The second kappa shape index (κ2) is 7.45. The fraction of sp³-hybridized carbons (Fsp3) is 0.286. The maximum absolute atomic E-state index is 11.0. The lowest BCUT2D eigenvalue weighted by Crippen LogP contribution is -2.22.